The van der Waals surface area contributed by atoms with E-state index in [1.807, 2.05) is 48.7 Å². The predicted molar refractivity (Wildman–Crippen MR) is 107 cm³/mol. The number of aromatic nitrogens is 2. The summed E-state index contributed by atoms with van der Waals surface area (Å²) in [5, 5.41) is 8.82. The zero-order valence-corrected chi connectivity index (χ0v) is 15.9. The third-order valence-electron chi connectivity index (χ3n) is 4.43. The molecule has 4 aromatic rings. The lowest BCUT2D eigenvalue weighted by molar-refractivity contribution is -0.120. The van der Waals surface area contributed by atoms with Crippen LogP contribution in [0, 0.1) is 0 Å². The molecule has 6 nitrogen and oxygen atoms in total. The van der Waals surface area contributed by atoms with Crippen LogP contribution in [-0.4, -0.2) is 22.8 Å². The molecule has 0 saturated carbocycles. The van der Waals surface area contributed by atoms with E-state index in [0.717, 1.165) is 28.0 Å². The molecule has 2 aromatic heterocycles. The minimum Gasteiger partial charge on any atom is -0.497 e. The topological polar surface area (TPSA) is 69.3 Å². The summed E-state index contributed by atoms with van der Waals surface area (Å²) in [6.45, 7) is 0.399. The molecule has 0 aliphatic carbocycles. The van der Waals surface area contributed by atoms with Gasteiger partial charge in [0.25, 0.3) is 0 Å². The number of hydrogen-bond acceptors (Lipinski definition) is 4. The first kappa shape index (κ1) is 18.1. The van der Waals surface area contributed by atoms with Crippen LogP contribution in [0.3, 0.4) is 0 Å². The molecule has 1 amide bonds. The van der Waals surface area contributed by atoms with E-state index in [-0.39, 0.29) is 12.3 Å². The molecule has 0 atom stereocenters. The fraction of sp³-hybridized carbons (Fsp3) is 0.143. The Balaban J connectivity index is 1.38. The van der Waals surface area contributed by atoms with E-state index < -0.39 is 0 Å². The average Bonchev–Trinajstić information content (AvgIpc) is 3.34. The summed E-state index contributed by atoms with van der Waals surface area (Å²) in [6.07, 6.45) is 5.46. The number of carbonyl (C=O) groups is 1. The van der Waals surface area contributed by atoms with E-state index in [9.17, 15) is 4.79 Å². The van der Waals surface area contributed by atoms with Crippen molar-refractivity contribution in [3.05, 3.63) is 77.3 Å². The molecule has 0 unspecified atom stereocenters. The zero-order valence-electron chi connectivity index (χ0n) is 15.2. The third-order valence-corrected chi connectivity index (χ3v) is 4.68. The van der Waals surface area contributed by atoms with Crippen molar-refractivity contribution in [2.75, 3.05) is 7.11 Å². The van der Waals surface area contributed by atoms with Crippen molar-refractivity contribution < 1.29 is 13.9 Å². The standard InChI is InChI=1S/C21H18ClN3O3/c1-27-18-6-7-19-15(13-28-20(19)9-18)8-21(26)23-10-14-11-24-25(12-14)17-4-2-16(22)3-5-17/h2-7,9,11-13H,8,10H2,1H3,(H,23,26). The fourth-order valence-electron chi connectivity index (χ4n) is 2.95. The number of nitrogens with zero attached hydrogens (tertiary/aromatic N) is 2. The molecule has 1 N–H and O–H groups in total. The minimum atomic E-state index is -0.0854. The number of fused-ring (bicyclic) bond motifs is 1. The van der Waals surface area contributed by atoms with Gasteiger partial charge in [-0.1, -0.05) is 11.6 Å². The number of carbonyl (C=O) groups excluding carboxylic acids is 1. The predicted octanol–water partition coefficient (Wildman–Crippen LogP) is 4.14. The van der Waals surface area contributed by atoms with Crippen LogP contribution in [0.4, 0.5) is 0 Å². The van der Waals surface area contributed by atoms with Gasteiger partial charge < -0.3 is 14.5 Å². The van der Waals surface area contributed by atoms with Crippen LogP contribution in [0.2, 0.25) is 5.02 Å². The largest absolute Gasteiger partial charge is 0.497 e. The van der Waals surface area contributed by atoms with Gasteiger partial charge >= 0.3 is 0 Å². The van der Waals surface area contributed by atoms with Crippen molar-refractivity contribution in [3.63, 3.8) is 0 Å². The van der Waals surface area contributed by atoms with Gasteiger partial charge in [0, 0.05) is 40.3 Å². The highest BCUT2D eigenvalue weighted by Gasteiger charge is 2.11. The highest BCUT2D eigenvalue weighted by atomic mass is 35.5. The van der Waals surface area contributed by atoms with Crippen LogP contribution < -0.4 is 10.1 Å². The number of methoxy groups -OCH3 is 1. The van der Waals surface area contributed by atoms with Crippen molar-refractivity contribution in [3.8, 4) is 11.4 Å². The molecule has 0 radical (unpaired) electrons. The summed E-state index contributed by atoms with van der Waals surface area (Å²) in [7, 11) is 1.60. The third kappa shape index (κ3) is 3.87. The lowest BCUT2D eigenvalue weighted by atomic mass is 10.1. The number of halogens is 1. The molecule has 0 saturated heterocycles. The van der Waals surface area contributed by atoms with Gasteiger partial charge in [-0.2, -0.15) is 5.10 Å². The first-order valence-electron chi connectivity index (χ1n) is 8.72. The van der Waals surface area contributed by atoms with Crippen LogP contribution in [-0.2, 0) is 17.8 Å². The molecule has 142 valence electrons. The van der Waals surface area contributed by atoms with Crippen LogP contribution >= 0.6 is 11.6 Å². The maximum absolute atomic E-state index is 12.3. The number of amides is 1. The molecule has 0 spiro atoms. The molecule has 2 aromatic carbocycles. The lowest BCUT2D eigenvalue weighted by Gasteiger charge is -2.03. The van der Waals surface area contributed by atoms with E-state index in [2.05, 4.69) is 10.4 Å². The van der Waals surface area contributed by atoms with Crippen molar-refractivity contribution in [1.82, 2.24) is 15.1 Å². The molecule has 0 fully saturated rings. The number of hydrogen-bond donors (Lipinski definition) is 1. The Bertz CT molecular complexity index is 1120. The Morgan fingerprint density at radius 1 is 1.25 bits per heavy atom. The maximum Gasteiger partial charge on any atom is 0.224 e. The molecular weight excluding hydrogens is 378 g/mol. The zero-order chi connectivity index (χ0) is 19.5. The monoisotopic (exact) mass is 395 g/mol. The van der Waals surface area contributed by atoms with Gasteiger partial charge in [-0.05, 0) is 36.4 Å². The van der Waals surface area contributed by atoms with Crippen molar-refractivity contribution in [1.29, 1.82) is 0 Å². The molecule has 28 heavy (non-hydrogen) atoms. The first-order chi connectivity index (χ1) is 13.6. The first-order valence-corrected chi connectivity index (χ1v) is 9.10. The smallest absolute Gasteiger partial charge is 0.224 e. The molecular formula is C21H18ClN3O3. The summed E-state index contributed by atoms with van der Waals surface area (Å²) < 4.78 is 12.5. The van der Waals surface area contributed by atoms with Gasteiger partial charge in [0.15, 0.2) is 0 Å². The SMILES string of the molecule is COc1ccc2c(CC(=O)NCc3cnn(-c4ccc(Cl)cc4)c3)coc2c1. The van der Waals surface area contributed by atoms with E-state index in [0.29, 0.717) is 17.2 Å². The molecule has 0 bridgehead atoms. The lowest BCUT2D eigenvalue weighted by Crippen LogP contribution is -2.24. The van der Waals surface area contributed by atoms with E-state index in [4.69, 9.17) is 20.8 Å². The molecule has 2 heterocycles. The Labute approximate surface area is 166 Å². The van der Waals surface area contributed by atoms with Gasteiger partial charge in [0.2, 0.25) is 5.91 Å². The number of rotatable bonds is 6. The average molecular weight is 396 g/mol. The highest BCUT2D eigenvalue weighted by Crippen LogP contribution is 2.25. The van der Waals surface area contributed by atoms with Crippen molar-refractivity contribution in [2.24, 2.45) is 0 Å². The van der Waals surface area contributed by atoms with Gasteiger partial charge in [-0.3, -0.25) is 4.79 Å². The number of nitrogens with one attached hydrogen (secondary N) is 1. The van der Waals surface area contributed by atoms with E-state index in [1.54, 1.807) is 24.3 Å². The Kier molecular flexibility index (Phi) is 5.04. The Morgan fingerprint density at radius 2 is 2.07 bits per heavy atom. The maximum atomic E-state index is 12.3. The van der Waals surface area contributed by atoms with Crippen molar-refractivity contribution in [2.45, 2.75) is 13.0 Å². The van der Waals surface area contributed by atoms with Crippen LogP contribution in [0.25, 0.3) is 16.7 Å². The molecule has 7 heteroatoms. The van der Waals surface area contributed by atoms with E-state index in [1.165, 1.54) is 0 Å². The Hall–Kier alpha value is -3.25. The van der Waals surface area contributed by atoms with Gasteiger partial charge in [0.05, 0.1) is 31.7 Å². The number of ether oxygens (including phenoxy) is 1. The number of benzene rings is 2. The molecule has 4 rings (SSSR count). The summed E-state index contributed by atoms with van der Waals surface area (Å²) in [6, 6.07) is 13.0. The Morgan fingerprint density at radius 3 is 2.86 bits per heavy atom. The summed E-state index contributed by atoms with van der Waals surface area (Å²) >= 11 is 5.91. The molecule has 0 aliphatic rings. The second-order valence-corrected chi connectivity index (χ2v) is 6.78. The molecule has 0 aliphatic heterocycles. The normalized spacial score (nSPS) is 10.9. The van der Waals surface area contributed by atoms with Crippen LogP contribution in [0.1, 0.15) is 11.1 Å². The summed E-state index contributed by atoms with van der Waals surface area (Å²) in [4.78, 5) is 12.3. The van der Waals surface area contributed by atoms with Crippen LogP contribution in [0.15, 0.2) is 65.5 Å². The quantitative estimate of drug-likeness (QED) is 0.532. The summed E-state index contributed by atoms with van der Waals surface area (Å²) in [5.74, 6) is 0.633. The fourth-order valence-corrected chi connectivity index (χ4v) is 3.08. The van der Waals surface area contributed by atoms with Gasteiger partial charge in [-0.15, -0.1) is 0 Å². The number of furan rings is 1. The van der Waals surface area contributed by atoms with Crippen LogP contribution in [0.5, 0.6) is 5.75 Å². The minimum absolute atomic E-state index is 0.0854. The van der Waals surface area contributed by atoms with Crippen molar-refractivity contribution >= 4 is 28.5 Å². The van der Waals surface area contributed by atoms with Gasteiger partial charge in [0.1, 0.15) is 11.3 Å². The second kappa shape index (κ2) is 7.78. The highest BCUT2D eigenvalue weighted by molar-refractivity contribution is 6.30. The summed E-state index contributed by atoms with van der Waals surface area (Å²) in [5.41, 5.74) is 3.35. The van der Waals surface area contributed by atoms with E-state index >= 15 is 0 Å². The van der Waals surface area contributed by atoms with Gasteiger partial charge in [-0.25, -0.2) is 4.68 Å². The second-order valence-electron chi connectivity index (χ2n) is 6.35.